The van der Waals surface area contributed by atoms with Crippen LogP contribution in [0, 0.1) is 30.6 Å². The molecule has 10 nitrogen and oxygen atoms in total. The number of phenolic OH excluding ortho intramolecular Hbond substituents is 2. The molecule has 0 radical (unpaired) electrons. The van der Waals surface area contributed by atoms with Gasteiger partial charge in [-0.1, -0.05) is 0 Å². The standard InChI is InChI=1S/C6H6O2.Mg.2NO3/c7-5-1-2-6(8)4-3-5;;2*2-1(3)4/h1-4,7-8H;;;/q;+2;2*-1. The third kappa shape index (κ3) is 31.5. The van der Waals surface area contributed by atoms with E-state index in [1.54, 1.807) is 0 Å². The smallest absolute Gasteiger partial charge is 0.508 e. The van der Waals surface area contributed by atoms with Crippen molar-refractivity contribution in [3.05, 3.63) is 54.9 Å². The molecule has 0 saturated carbocycles. The van der Waals surface area contributed by atoms with E-state index < -0.39 is 10.2 Å². The van der Waals surface area contributed by atoms with Crippen molar-refractivity contribution in [1.82, 2.24) is 0 Å². The topological polar surface area (TPSA) is 173 Å². The predicted molar refractivity (Wildman–Crippen MR) is 56.2 cm³/mol. The van der Waals surface area contributed by atoms with Crippen molar-refractivity contribution in [2.45, 2.75) is 0 Å². The second-order valence-corrected chi connectivity index (χ2v) is 1.96. The molecule has 2 N–H and O–H groups in total. The molecule has 90 valence electrons. The van der Waals surface area contributed by atoms with Gasteiger partial charge in [0.15, 0.2) is 0 Å². The first-order chi connectivity index (χ1) is 7.25. The van der Waals surface area contributed by atoms with Gasteiger partial charge in [-0.2, -0.15) is 0 Å². The van der Waals surface area contributed by atoms with Crippen molar-refractivity contribution >= 4 is 23.1 Å². The summed E-state index contributed by atoms with van der Waals surface area (Å²) in [6.07, 6.45) is 0. The fraction of sp³-hybridized carbons (Fsp3) is 0. The van der Waals surface area contributed by atoms with Gasteiger partial charge in [0.1, 0.15) is 11.5 Å². The van der Waals surface area contributed by atoms with Gasteiger partial charge >= 0.3 is 23.1 Å². The van der Waals surface area contributed by atoms with Gasteiger partial charge in [0.2, 0.25) is 0 Å². The Hall–Kier alpha value is -2.01. The second-order valence-electron chi connectivity index (χ2n) is 1.96. The number of hydrogen-bond donors (Lipinski definition) is 2. The molecule has 0 fully saturated rings. The fourth-order valence-corrected chi connectivity index (χ4v) is 0.453. The Morgan fingerprint density at radius 3 is 1.00 bits per heavy atom. The molecule has 0 saturated heterocycles. The summed E-state index contributed by atoms with van der Waals surface area (Å²) < 4.78 is 0. The number of nitrogens with zero attached hydrogens (tertiary/aromatic N) is 2. The number of aromatic hydroxyl groups is 2. The molecule has 0 atom stereocenters. The molecule has 11 heteroatoms. The largest absolute Gasteiger partial charge is 2.00 e. The predicted octanol–water partition coefficient (Wildman–Crippen LogP) is 0.239. The van der Waals surface area contributed by atoms with Gasteiger partial charge in [-0.3, -0.25) is 0 Å². The summed E-state index contributed by atoms with van der Waals surface area (Å²) in [4.78, 5) is 16.5. The fourth-order valence-electron chi connectivity index (χ4n) is 0.453. The monoisotopic (exact) mass is 258 g/mol. The Bertz CT molecular complexity index is 288. The molecule has 0 aliphatic heterocycles. The Morgan fingerprint density at radius 1 is 0.765 bits per heavy atom. The maximum Gasteiger partial charge on any atom is 2.00 e. The summed E-state index contributed by atoms with van der Waals surface area (Å²) in [5.41, 5.74) is 0. The van der Waals surface area contributed by atoms with E-state index >= 15 is 0 Å². The van der Waals surface area contributed by atoms with E-state index in [2.05, 4.69) is 0 Å². The van der Waals surface area contributed by atoms with Crippen LogP contribution < -0.4 is 0 Å². The van der Waals surface area contributed by atoms with E-state index in [4.69, 9.17) is 40.9 Å². The first-order valence-corrected chi connectivity index (χ1v) is 3.36. The Kier molecular flexibility index (Phi) is 14.5. The average molecular weight is 258 g/mol. The number of phenols is 2. The van der Waals surface area contributed by atoms with Crippen LogP contribution in [0.2, 0.25) is 0 Å². The molecule has 0 aliphatic carbocycles. The van der Waals surface area contributed by atoms with E-state index in [-0.39, 0.29) is 34.6 Å². The molecule has 0 spiro atoms. The summed E-state index contributed by atoms with van der Waals surface area (Å²) in [6.45, 7) is 0. The number of hydrogen-bond acceptors (Lipinski definition) is 8. The summed E-state index contributed by atoms with van der Waals surface area (Å²) >= 11 is 0. The van der Waals surface area contributed by atoms with Crippen LogP contribution in [0.5, 0.6) is 11.5 Å². The molecule has 1 aromatic rings. The van der Waals surface area contributed by atoms with Gasteiger partial charge in [-0.05, 0) is 24.3 Å². The molecule has 0 amide bonds. The molecule has 0 bridgehead atoms. The van der Waals surface area contributed by atoms with Gasteiger partial charge in [0.25, 0.3) is 0 Å². The minimum atomic E-state index is -1.75. The van der Waals surface area contributed by atoms with E-state index in [1.165, 1.54) is 24.3 Å². The van der Waals surface area contributed by atoms with E-state index in [1.807, 2.05) is 0 Å². The minimum Gasteiger partial charge on any atom is -0.508 e. The molecule has 17 heavy (non-hydrogen) atoms. The van der Waals surface area contributed by atoms with Gasteiger partial charge in [0.05, 0.1) is 10.2 Å². The zero-order chi connectivity index (χ0) is 13.1. The Labute approximate surface area is 110 Å². The maximum atomic E-state index is 8.65. The summed E-state index contributed by atoms with van der Waals surface area (Å²) in [5.74, 6) is 0.339. The minimum absolute atomic E-state index is 0. The van der Waals surface area contributed by atoms with Gasteiger partial charge in [0, 0.05) is 0 Å². The van der Waals surface area contributed by atoms with Gasteiger partial charge < -0.3 is 40.9 Å². The molecule has 1 rings (SSSR count). The molecule has 0 unspecified atom stereocenters. The Balaban J connectivity index is -0.000000189. The first-order valence-electron chi connectivity index (χ1n) is 3.36. The summed E-state index contributed by atoms with van der Waals surface area (Å²) in [7, 11) is 0. The van der Waals surface area contributed by atoms with Crippen molar-refractivity contribution in [2.24, 2.45) is 0 Å². The number of rotatable bonds is 0. The van der Waals surface area contributed by atoms with Crippen LogP contribution in [0.1, 0.15) is 0 Å². The molecule has 0 aromatic heterocycles. The molecular formula is C6H6MgN2O8. The molecule has 1 aromatic carbocycles. The summed E-state index contributed by atoms with van der Waals surface area (Å²) in [5, 5.41) is 46.8. The zero-order valence-electron chi connectivity index (χ0n) is 8.25. The molecule has 0 aliphatic rings. The average Bonchev–Trinajstić information content (AvgIpc) is 2.08. The van der Waals surface area contributed by atoms with Crippen LogP contribution in [0.3, 0.4) is 0 Å². The van der Waals surface area contributed by atoms with Crippen LogP contribution in [0.15, 0.2) is 24.3 Å². The number of benzene rings is 1. The Morgan fingerprint density at radius 2 is 0.882 bits per heavy atom. The third-order valence-corrected chi connectivity index (χ3v) is 0.850. The van der Waals surface area contributed by atoms with Crippen LogP contribution in [0.4, 0.5) is 0 Å². The third-order valence-electron chi connectivity index (χ3n) is 0.850. The maximum absolute atomic E-state index is 8.65. The van der Waals surface area contributed by atoms with Crippen LogP contribution >= 0.6 is 0 Å². The van der Waals surface area contributed by atoms with Crippen LogP contribution in [-0.2, 0) is 0 Å². The van der Waals surface area contributed by atoms with Crippen LogP contribution in [-0.4, -0.2) is 43.4 Å². The first kappa shape index (κ1) is 20.4. The van der Waals surface area contributed by atoms with Crippen molar-refractivity contribution in [3.8, 4) is 11.5 Å². The summed E-state index contributed by atoms with van der Waals surface area (Å²) in [6, 6.07) is 5.70. The quantitative estimate of drug-likeness (QED) is 0.288. The van der Waals surface area contributed by atoms with Crippen molar-refractivity contribution in [1.29, 1.82) is 0 Å². The van der Waals surface area contributed by atoms with E-state index in [9.17, 15) is 0 Å². The zero-order valence-corrected chi connectivity index (χ0v) is 9.67. The van der Waals surface area contributed by atoms with Crippen molar-refractivity contribution in [3.63, 3.8) is 0 Å². The van der Waals surface area contributed by atoms with Gasteiger partial charge in [-0.25, -0.2) is 0 Å². The van der Waals surface area contributed by atoms with E-state index in [0.29, 0.717) is 0 Å². The molecular weight excluding hydrogens is 252 g/mol. The normalized spacial score (nSPS) is 7.06. The van der Waals surface area contributed by atoms with Crippen molar-refractivity contribution in [2.75, 3.05) is 0 Å². The van der Waals surface area contributed by atoms with E-state index in [0.717, 1.165) is 0 Å². The SMILES string of the molecule is O=[N+]([O-])[O-].O=[N+]([O-])[O-].Oc1ccc(O)cc1.[Mg+2]. The molecule has 0 heterocycles. The van der Waals surface area contributed by atoms with Crippen LogP contribution in [0.25, 0.3) is 0 Å². The van der Waals surface area contributed by atoms with Gasteiger partial charge in [-0.15, -0.1) is 0 Å². The second kappa shape index (κ2) is 12.1. The van der Waals surface area contributed by atoms with Crippen molar-refractivity contribution < 1.29 is 20.4 Å².